The maximum atomic E-state index is 6.13. The topological polar surface area (TPSA) is 31.6 Å². The van der Waals surface area contributed by atoms with Gasteiger partial charge in [0.15, 0.2) is 0 Å². The number of hydrogen-bond acceptors (Lipinski definition) is 3. The third-order valence-electron chi connectivity index (χ3n) is 4.37. The first-order valence-electron chi connectivity index (χ1n) is 6.64. The van der Waals surface area contributed by atoms with Gasteiger partial charge < -0.3 is 13.7 Å². The highest BCUT2D eigenvalue weighted by molar-refractivity contribution is 6.65. The maximum absolute atomic E-state index is 6.13. The van der Waals surface area contributed by atoms with Gasteiger partial charge >= 0.3 is 7.12 Å². The zero-order chi connectivity index (χ0) is 13.8. The van der Waals surface area contributed by atoms with Gasteiger partial charge in [-0.2, -0.15) is 0 Å². The summed E-state index contributed by atoms with van der Waals surface area (Å²) >= 11 is 0. The molecule has 2 heterocycles. The van der Waals surface area contributed by atoms with Crippen molar-refractivity contribution in [1.82, 2.24) is 0 Å². The SMILES string of the molecule is Cc1ccc2ccoc2c1B1OC(C)(C)C(C)(C)O1. The minimum atomic E-state index is -0.375. The van der Waals surface area contributed by atoms with Crippen molar-refractivity contribution in [3.63, 3.8) is 0 Å². The molecule has 1 fully saturated rings. The lowest BCUT2D eigenvalue weighted by atomic mass is 9.75. The molecule has 0 bridgehead atoms. The number of rotatable bonds is 1. The van der Waals surface area contributed by atoms with Crippen LogP contribution in [0.3, 0.4) is 0 Å². The summed E-state index contributed by atoms with van der Waals surface area (Å²) in [6, 6.07) is 6.10. The van der Waals surface area contributed by atoms with Gasteiger partial charge in [0.05, 0.1) is 17.5 Å². The summed E-state index contributed by atoms with van der Waals surface area (Å²) in [5.41, 5.74) is 2.32. The normalized spacial score (nSPS) is 21.2. The Labute approximate surface area is 114 Å². The summed E-state index contributed by atoms with van der Waals surface area (Å²) in [6.07, 6.45) is 1.71. The van der Waals surface area contributed by atoms with Gasteiger partial charge in [-0.1, -0.05) is 12.1 Å². The molecule has 0 unspecified atom stereocenters. The van der Waals surface area contributed by atoms with Crippen LogP contribution in [-0.4, -0.2) is 18.3 Å². The van der Waals surface area contributed by atoms with Crippen LogP contribution < -0.4 is 5.46 Å². The van der Waals surface area contributed by atoms with Crippen molar-refractivity contribution in [2.24, 2.45) is 0 Å². The van der Waals surface area contributed by atoms with Crippen LogP contribution in [0.1, 0.15) is 33.3 Å². The Morgan fingerprint density at radius 2 is 1.58 bits per heavy atom. The number of aryl methyl sites for hydroxylation is 1. The summed E-state index contributed by atoms with van der Waals surface area (Å²) < 4.78 is 17.9. The Morgan fingerprint density at radius 1 is 0.947 bits per heavy atom. The van der Waals surface area contributed by atoms with Gasteiger partial charge in [0.2, 0.25) is 0 Å². The van der Waals surface area contributed by atoms with Crippen LogP contribution in [-0.2, 0) is 9.31 Å². The van der Waals surface area contributed by atoms with Crippen molar-refractivity contribution in [2.75, 3.05) is 0 Å². The second-order valence-electron chi connectivity index (χ2n) is 6.22. The zero-order valence-corrected chi connectivity index (χ0v) is 12.1. The van der Waals surface area contributed by atoms with E-state index in [1.165, 1.54) is 0 Å². The average molecular weight is 258 g/mol. The van der Waals surface area contributed by atoms with Gasteiger partial charge in [0.1, 0.15) is 5.58 Å². The minimum Gasteiger partial charge on any atom is -0.465 e. The van der Waals surface area contributed by atoms with E-state index in [2.05, 4.69) is 46.8 Å². The van der Waals surface area contributed by atoms with E-state index in [0.717, 1.165) is 22.0 Å². The fourth-order valence-electron chi connectivity index (χ4n) is 2.41. The van der Waals surface area contributed by atoms with E-state index in [1.807, 2.05) is 6.07 Å². The number of benzene rings is 1. The number of furan rings is 1. The van der Waals surface area contributed by atoms with Crippen molar-refractivity contribution in [2.45, 2.75) is 45.8 Å². The summed E-state index contributed by atoms with van der Waals surface area (Å²) in [5.74, 6) is 0. The van der Waals surface area contributed by atoms with Gasteiger partial charge in [0.25, 0.3) is 0 Å². The number of hydrogen-bond donors (Lipinski definition) is 0. The van der Waals surface area contributed by atoms with Gasteiger partial charge in [-0.05, 0) is 46.2 Å². The molecule has 0 aliphatic carbocycles. The Morgan fingerprint density at radius 3 is 2.21 bits per heavy atom. The van der Waals surface area contributed by atoms with E-state index in [4.69, 9.17) is 13.7 Å². The second kappa shape index (κ2) is 3.87. The molecule has 3 nitrogen and oxygen atoms in total. The van der Waals surface area contributed by atoms with Crippen LogP contribution in [0, 0.1) is 6.92 Å². The molecular formula is C15H19BO3. The standard InChI is InChI=1S/C15H19BO3/c1-10-6-7-11-8-9-17-13(11)12(10)16-18-14(2,3)15(4,5)19-16/h6-9H,1-5H3. The molecule has 1 aliphatic rings. The monoisotopic (exact) mass is 258 g/mol. The van der Waals surface area contributed by atoms with Crippen LogP contribution in [0.2, 0.25) is 0 Å². The van der Waals surface area contributed by atoms with Crippen LogP contribution in [0.5, 0.6) is 0 Å². The van der Waals surface area contributed by atoms with Gasteiger partial charge in [0, 0.05) is 10.8 Å². The number of fused-ring (bicyclic) bond motifs is 1. The van der Waals surface area contributed by atoms with Crippen LogP contribution in [0.4, 0.5) is 0 Å². The maximum Gasteiger partial charge on any atom is 0.498 e. The highest BCUT2D eigenvalue weighted by atomic mass is 16.7. The lowest BCUT2D eigenvalue weighted by Crippen LogP contribution is -2.41. The molecule has 0 saturated carbocycles. The molecular weight excluding hydrogens is 239 g/mol. The van der Waals surface area contributed by atoms with E-state index < -0.39 is 0 Å². The third kappa shape index (κ3) is 1.82. The Balaban J connectivity index is 2.12. The fourth-order valence-corrected chi connectivity index (χ4v) is 2.41. The van der Waals surface area contributed by atoms with Crippen molar-refractivity contribution < 1.29 is 13.7 Å². The summed E-state index contributed by atoms with van der Waals surface area (Å²) in [4.78, 5) is 0. The van der Waals surface area contributed by atoms with E-state index in [-0.39, 0.29) is 18.3 Å². The average Bonchev–Trinajstić information content (AvgIpc) is 2.81. The van der Waals surface area contributed by atoms with E-state index in [9.17, 15) is 0 Å². The molecule has 1 aromatic carbocycles. The van der Waals surface area contributed by atoms with E-state index in [0.29, 0.717) is 0 Å². The molecule has 0 radical (unpaired) electrons. The minimum absolute atomic E-state index is 0.334. The highest BCUT2D eigenvalue weighted by Crippen LogP contribution is 2.37. The predicted octanol–water partition coefficient (Wildman–Crippen LogP) is 3.04. The summed E-state index contributed by atoms with van der Waals surface area (Å²) in [7, 11) is -0.375. The summed E-state index contributed by atoms with van der Waals surface area (Å²) in [5, 5.41) is 1.08. The Kier molecular flexibility index (Phi) is 2.60. The largest absolute Gasteiger partial charge is 0.498 e. The molecule has 100 valence electrons. The van der Waals surface area contributed by atoms with Crippen molar-refractivity contribution in [1.29, 1.82) is 0 Å². The Bertz CT molecular complexity index is 611. The van der Waals surface area contributed by atoms with Crippen LogP contribution in [0.15, 0.2) is 28.9 Å². The lowest BCUT2D eigenvalue weighted by Gasteiger charge is -2.32. The molecule has 2 aromatic rings. The predicted molar refractivity (Wildman–Crippen MR) is 76.7 cm³/mol. The zero-order valence-electron chi connectivity index (χ0n) is 12.1. The van der Waals surface area contributed by atoms with Crippen LogP contribution in [0.25, 0.3) is 11.0 Å². The molecule has 4 heteroatoms. The van der Waals surface area contributed by atoms with Gasteiger partial charge in [-0.25, -0.2) is 0 Å². The molecule has 0 atom stereocenters. The molecule has 1 saturated heterocycles. The lowest BCUT2D eigenvalue weighted by molar-refractivity contribution is 0.00578. The second-order valence-corrected chi connectivity index (χ2v) is 6.22. The molecule has 0 N–H and O–H groups in total. The first-order valence-corrected chi connectivity index (χ1v) is 6.64. The van der Waals surface area contributed by atoms with E-state index >= 15 is 0 Å². The molecule has 1 aromatic heterocycles. The van der Waals surface area contributed by atoms with Gasteiger partial charge in [-0.3, -0.25) is 0 Å². The van der Waals surface area contributed by atoms with Crippen molar-refractivity contribution in [3.05, 3.63) is 30.0 Å². The first-order chi connectivity index (χ1) is 8.82. The van der Waals surface area contributed by atoms with Crippen molar-refractivity contribution >= 4 is 23.6 Å². The fraction of sp³-hybridized carbons (Fsp3) is 0.467. The van der Waals surface area contributed by atoms with Crippen molar-refractivity contribution in [3.8, 4) is 0 Å². The van der Waals surface area contributed by atoms with Crippen LogP contribution >= 0.6 is 0 Å². The van der Waals surface area contributed by atoms with Gasteiger partial charge in [-0.15, -0.1) is 0 Å². The Hall–Kier alpha value is -1.26. The van der Waals surface area contributed by atoms with E-state index in [1.54, 1.807) is 6.26 Å². The highest BCUT2D eigenvalue weighted by Gasteiger charge is 2.52. The molecule has 1 aliphatic heterocycles. The quantitative estimate of drug-likeness (QED) is 0.737. The smallest absolute Gasteiger partial charge is 0.465 e. The first kappa shape index (κ1) is 12.8. The third-order valence-corrected chi connectivity index (χ3v) is 4.37. The molecule has 19 heavy (non-hydrogen) atoms. The summed E-state index contributed by atoms with van der Waals surface area (Å²) in [6.45, 7) is 10.3. The molecule has 0 amide bonds. The molecule has 0 spiro atoms. The molecule has 3 rings (SSSR count).